The number of amides is 1. The Labute approximate surface area is 101 Å². The molecule has 3 nitrogen and oxygen atoms in total. The summed E-state index contributed by atoms with van der Waals surface area (Å²) in [6.45, 7) is 1.30. The van der Waals surface area contributed by atoms with Gasteiger partial charge in [-0.3, -0.25) is 4.79 Å². The minimum atomic E-state index is -0.466. The largest absolute Gasteiger partial charge is 0.342 e. The minimum Gasteiger partial charge on any atom is -0.342 e. The van der Waals surface area contributed by atoms with Gasteiger partial charge in [-0.05, 0) is 31.5 Å². The van der Waals surface area contributed by atoms with Crippen LogP contribution < -0.4 is 5.73 Å². The van der Waals surface area contributed by atoms with E-state index in [9.17, 15) is 9.18 Å². The normalized spacial score (nSPS) is 10.3. The van der Waals surface area contributed by atoms with E-state index in [-0.39, 0.29) is 11.5 Å². The second kappa shape index (κ2) is 7.01. The van der Waals surface area contributed by atoms with Gasteiger partial charge in [0.25, 0.3) is 5.91 Å². The van der Waals surface area contributed by atoms with Crippen molar-refractivity contribution < 1.29 is 9.18 Å². The Kier molecular flexibility index (Phi) is 5.63. The molecule has 0 saturated carbocycles. The van der Waals surface area contributed by atoms with Crippen molar-refractivity contribution in [1.82, 2.24) is 4.90 Å². The van der Waals surface area contributed by atoms with Gasteiger partial charge in [-0.25, -0.2) is 4.39 Å². The SMILES string of the molecule is CN(CCCCCN)C(=O)c1ccccc1F. The molecule has 94 valence electrons. The summed E-state index contributed by atoms with van der Waals surface area (Å²) in [7, 11) is 1.69. The number of nitrogens with zero attached hydrogens (tertiary/aromatic N) is 1. The lowest BCUT2D eigenvalue weighted by atomic mass is 10.1. The van der Waals surface area contributed by atoms with Gasteiger partial charge in [-0.1, -0.05) is 18.6 Å². The zero-order valence-corrected chi connectivity index (χ0v) is 10.2. The van der Waals surface area contributed by atoms with E-state index in [4.69, 9.17) is 5.73 Å². The molecule has 0 atom stereocenters. The van der Waals surface area contributed by atoms with Gasteiger partial charge in [0.05, 0.1) is 5.56 Å². The van der Waals surface area contributed by atoms with E-state index < -0.39 is 5.82 Å². The fourth-order valence-corrected chi connectivity index (χ4v) is 1.61. The highest BCUT2D eigenvalue weighted by Gasteiger charge is 2.14. The summed E-state index contributed by atoms with van der Waals surface area (Å²) >= 11 is 0. The number of benzene rings is 1. The maximum Gasteiger partial charge on any atom is 0.256 e. The highest BCUT2D eigenvalue weighted by molar-refractivity contribution is 5.94. The minimum absolute atomic E-state index is 0.133. The number of hydrogen-bond donors (Lipinski definition) is 1. The fourth-order valence-electron chi connectivity index (χ4n) is 1.61. The smallest absolute Gasteiger partial charge is 0.256 e. The van der Waals surface area contributed by atoms with Crippen LogP contribution in [0.25, 0.3) is 0 Å². The predicted molar refractivity (Wildman–Crippen MR) is 66.3 cm³/mol. The van der Waals surface area contributed by atoms with Crippen LogP contribution in [0.2, 0.25) is 0 Å². The lowest BCUT2D eigenvalue weighted by Gasteiger charge is -2.17. The Morgan fingerprint density at radius 3 is 2.65 bits per heavy atom. The number of nitrogens with two attached hydrogens (primary N) is 1. The second-order valence-electron chi connectivity index (χ2n) is 4.06. The molecule has 0 bridgehead atoms. The molecule has 0 aliphatic heterocycles. The molecular formula is C13H19FN2O. The van der Waals surface area contributed by atoms with Gasteiger partial charge in [0.1, 0.15) is 5.82 Å². The molecule has 0 aliphatic carbocycles. The topological polar surface area (TPSA) is 46.3 Å². The van der Waals surface area contributed by atoms with Crippen molar-refractivity contribution in [3.63, 3.8) is 0 Å². The number of rotatable bonds is 6. The number of hydrogen-bond acceptors (Lipinski definition) is 2. The van der Waals surface area contributed by atoms with E-state index in [2.05, 4.69) is 0 Å². The number of carbonyl (C=O) groups excluding carboxylic acids is 1. The molecule has 0 unspecified atom stereocenters. The van der Waals surface area contributed by atoms with Crippen LogP contribution in [0.3, 0.4) is 0 Å². The average molecular weight is 238 g/mol. The highest BCUT2D eigenvalue weighted by atomic mass is 19.1. The molecule has 1 aromatic carbocycles. The van der Waals surface area contributed by atoms with Gasteiger partial charge in [0.2, 0.25) is 0 Å². The van der Waals surface area contributed by atoms with Crippen LogP contribution in [-0.2, 0) is 0 Å². The van der Waals surface area contributed by atoms with Crippen LogP contribution in [0.5, 0.6) is 0 Å². The second-order valence-corrected chi connectivity index (χ2v) is 4.06. The Morgan fingerprint density at radius 2 is 2.00 bits per heavy atom. The lowest BCUT2D eigenvalue weighted by molar-refractivity contribution is 0.0788. The molecule has 0 aliphatic rings. The van der Waals surface area contributed by atoms with E-state index in [0.717, 1.165) is 19.3 Å². The summed E-state index contributed by atoms with van der Waals surface area (Å²) in [6.07, 6.45) is 2.85. The van der Waals surface area contributed by atoms with Gasteiger partial charge >= 0.3 is 0 Å². The molecular weight excluding hydrogens is 219 g/mol. The maximum absolute atomic E-state index is 13.4. The van der Waals surface area contributed by atoms with Crippen LogP contribution in [0.4, 0.5) is 4.39 Å². The van der Waals surface area contributed by atoms with Gasteiger partial charge in [0.15, 0.2) is 0 Å². The summed E-state index contributed by atoms with van der Waals surface area (Å²) in [5.41, 5.74) is 5.52. The van der Waals surface area contributed by atoms with Crippen LogP contribution in [0, 0.1) is 5.82 Å². The van der Waals surface area contributed by atoms with Crippen molar-refractivity contribution in [3.05, 3.63) is 35.6 Å². The first-order valence-corrected chi connectivity index (χ1v) is 5.87. The first kappa shape index (κ1) is 13.6. The molecule has 1 amide bonds. The Hall–Kier alpha value is -1.42. The van der Waals surface area contributed by atoms with Gasteiger partial charge in [-0.2, -0.15) is 0 Å². The monoisotopic (exact) mass is 238 g/mol. The Balaban J connectivity index is 2.49. The first-order valence-electron chi connectivity index (χ1n) is 5.87. The van der Waals surface area contributed by atoms with Crippen LogP contribution in [0.1, 0.15) is 29.6 Å². The zero-order chi connectivity index (χ0) is 12.7. The molecule has 0 saturated heterocycles. The van der Waals surface area contributed by atoms with E-state index in [1.807, 2.05) is 0 Å². The van der Waals surface area contributed by atoms with Gasteiger partial charge < -0.3 is 10.6 Å². The van der Waals surface area contributed by atoms with Crippen molar-refractivity contribution >= 4 is 5.91 Å². The third-order valence-corrected chi connectivity index (χ3v) is 2.65. The summed E-state index contributed by atoms with van der Waals surface area (Å²) in [5.74, 6) is -0.734. The fraction of sp³-hybridized carbons (Fsp3) is 0.462. The van der Waals surface area contributed by atoms with Crippen LogP contribution in [-0.4, -0.2) is 30.9 Å². The van der Waals surface area contributed by atoms with Crippen molar-refractivity contribution in [2.24, 2.45) is 5.73 Å². The van der Waals surface area contributed by atoms with Gasteiger partial charge in [0, 0.05) is 13.6 Å². The summed E-state index contributed by atoms with van der Waals surface area (Å²) in [4.78, 5) is 13.4. The Morgan fingerprint density at radius 1 is 1.29 bits per heavy atom. The lowest BCUT2D eigenvalue weighted by Crippen LogP contribution is -2.28. The summed E-state index contributed by atoms with van der Waals surface area (Å²) < 4.78 is 13.4. The average Bonchev–Trinajstić information content (AvgIpc) is 2.34. The Bertz CT molecular complexity index is 368. The standard InChI is InChI=1S/C13H19FN2O/c1-16(10-6-2-5-9-15)13(17)11-7-3-4-8-12(11)14/h3-4,7-8H,2,5-6,9-10,15H2,1H3. The van der Waals surface area contributed by atoms with E-state index in [1.165, 1.54) is 12.1 Å². The molecule has 1 rings (SSSR count). The maximum atomic E-state index is 13.4. The molecule has 0 aromatic heterocycles. The van der Waals surface area contributed by atoms with Crippen LogP contribution in [0.15, 0.2) is 24.3 Å². The van der Waals surface area contributed by atoms with Crippen molar-refractivity contribution in [2.45, 2.75) is 19.3 Å². The van der Waals surface area contributed by atoms with E-state index >= 15 is 0 Å². The number of halogens is 1. The van der Waals surface area contributed by atoms with Crippen molar-refractivity contribution in [3.8, 4) is 0 Å². The molecule has 0 spiro atoms. The van der Waals surface area contributed by atoms with E-state index in [0.29, 0.717) is 13.1 Å². The third-order valence-electron chi connectivity index (χ3n) is 2.65. The van der Waals surface area contributed by atoms with Crippen molar-refractivity contribution in [1.29, 1.82) is 0 Å². The molecule has 4 heteroatoms. The molecule has 0 fully saturated rings. The third kappa shape index (κ3) is 4.15. The molecule has 1 aromatic rings. The highest BCUT2D eigenvalue weighted by Crippen LogP contribution is 2.09. The van der Waals surface area contributed by atoms with E-state index in [1.54, 1.807) is 24.1 Å². The van der Waals surface area contributed by atoms with Crippen LogP contribution >= 0.6 is 0 Å². The predicted octanol–water partition coefficient (Wildman–Crippen LogP) is 2.03. The molecule has 0 heterocycles. The molecule has 0 radical (unpaired) electrons. The summed E-state index contributed by atoms with van der Waals surface area (Å²) in [5, 5.41) is 0. The number of carbonyl (C=O) groups is 1. The molecule has 2 N–H and O–H groups in total. The summed E-state index contributed by atoms with van der Waals surface area (Å²) in [6, 6.07) is 6.05. The quantitative estimate of drug-likeness (QED) is 0.771. The van der Waals surface area contributed by atoms with Gasteiger partial charge in [-0.15, -0.1) is 0 Å². The number of unbranched alkanes of at least 4 members (excludes halogenated alkanes) is 2. The van der Waals surface area contributed by atoms with Crippen molar-refractivity contribution in [2.75, 3.05) is 20.1 Å². The zero-order valence-electron chi connectivity index (χ0n) is 10.2. The first-order chi connectivity index (χ1) is 8.16. The molecule has 17 heavy (non-hydrogen) atoms.